The first kappa shape index (κ1) is 24.2. The second kappa shape index (κ2) is 9.95. The minimum Gasteiger partial charge on any atom is -0.274 e. The maximum atomic E-state index is 13.9. The van der Waals surface area contributed by atoms with E-state index in [1.807, 2.05) is 42.5 Å². The highest BCUT2D eigenvalue weighted by Gasteiger charge is 2.46. The molecule has 0 N–H and O–H groups in total. The summed E-state index contributed by atoms with van der Waals surface area (Å²) in [6.45, 7) is 0. The molecule has 0 radical (unpaired) electrons. The second-order valence-corrected chi connectivity index (χ2v) is 9.36. The summed E-state index contributed by atoms with van der Waals surface area (Å²) < 4.78 is 0. The number of pyridine rings is 1. The van der Waals surface area contributed by atoms with Crippen molar-refractivity contribution in [3.8, 4) is 11.3 Å². The fourth-order valence-corrected chi connectivity index (χ4v) is 5.33. The van der Waals surface area contributed by atoms with Gasteiger partial charge in [0.15, 0.2) is 0 Å². The predicted octanol–water partition coefficient (Wildman–Crippen LogP) is 5.05. The molecule has 2 fully saturated rings. The van der Waals surface area contributed by atoms with E-state index < -0.39 is 17.7 Å². The molecule has 7 nitrogen and oxygen atoms in total. The van der Waals surface area contributed by atoms with E-state index in [0.717, 1.165) is 4.90 Å². The SMILES string of the molecule is O=C1C/C(=C(/c2ccccc2-c2ccccn2)C2CC(=O)N(c3ccccc3)C2=O)C(=O)N1c1ccccc1. The van der Waals surface area contributed by atoms with E-state index in [0.29, 0.717) is 33.8 Å². The van der Waals surface area contributed by atoms with E-state index in [-0.39, 0.29) is 30.2 Å². The zero-order valence-corrected chi connectivity index (χ0v) is 20.9. The zero-order valence-electron chi connectivity index (χ0n) is 20.9. The number of aromatic nitrogens is 1. The number of anilines is 2. The molecule has 7 heteroatoms. The van der Waals surface area contributed by atoms with Crippen molar-refractivity contribution in [3.63, 3.8) is 0 Å². The minimum absolute atomic E-state index is 0.115. The number of imide groups is 2. The molecule has 39 heavy (non-hydrogen) atoms. The molecular formula is C32H23N3O4. The Morgan fingerprint density at radius 3 is 1.95 bits per heavy atom. The highest BCUT2D eigenvalue weighted by atomic mass is 16.2. The Labute approximate surface area is 225 Å². The average Bonchev–Trinajstić information content (AvgIpc) is 3.44. The molecule has 4 amide bonds. The molecule has 2 aliphatic heterocycles. The fourth-order valence-electron chi connectivity index (χ4n) is 5.33. The largest absolute Gasteiger partial charge is 0.274 e. The third-order valence-corrected chi connectivity index (χ3v) is 7.05. The van der Waals surface area contributed by atoms with E-state index in [2.05, 4.69) is 4.98 Å². The van der Waals surface area contributed by atoms with Gasteiger partial charge in [0.05, 0.1) is 29.4 Å². The van der Waals surface area contributed by atoms with E-state index in [1.165, 1.54) is 4.90 Å². The summed E-state index contributed by atoms with van der Waals surface area (Å²) in [6.07, 6.45) is 1.38. The molecule has 1 aromatic heterocycles. The van der Waals surface area contributed by atoms with Gasteiger partial charge in [0, 0.05) is 23.8 Å². The number of carbonyl (C=O) groups is 4. The number of amides is 4. The Hall–Kier alpha value is -5.17. The van der Waals surface area contributed by atoms with Crippen molar-refractivity contribution in [2.75, 3.05) is 9.80 Å². The number of carbonyl (C=O) groups excluding carboxylic acids is 4. The Bertz CT molecular complexity index is 1630. The van der Waals surface area contributed by atoms with E-state index in [4.69, 9.17) is 0 Å². The highest BCUT2D eigenvalue weighted by molar-refractivity contribution is 6.32. The summed E-state index contributed by atoms with van der Waals surface area (Å²) in [4.78, 5) is 61.1. The lowest BCUT2D eigenvalue weighted by Gasteiger charge is -2.21. The molecule has 0 saturated carbocycles. The number of benzene rings is 3. The van der Waals surface area contributed by atoms with Crippen molar-refractivity contribution in [2.24, 2.45) is 5.92 Å². The van der Waals surface area contributed by atoms with E-state index >= 15 is 0 Å². The van der Waals surface area contributed by atoms with Crippen LogP contribution >= 0.6 is 0 Å². The van der Waals surface area contributed by atoms with Crippen molar-refractivity contribution >= 4 is 40.6 Å². The summed E-state index contributed by atoms with van der Waals surface area (Å²) in [5.74, 6) is -2.60. The minimum atomic E-state index is -0.940. The quantitative estimate of drug-likeness (QED) is 0.275. The van der Waals surface area contributed by atoms with Gasteiger partial charge < -0.3 is 0 Å². The van der Waals surface area contributed by atoms with Gasteiger partial charge in [-0.2, -0.15) is 0 Å². The van der Waals surface area contributed by atoms with Gasteiger partial charge in [-0.15, -0.1) is 0 Å². The van der Waals surface area contributed by atoms with Crippen molar-refractivity contribution in [2.45, 2.75) is 12.8 Å². The van der Waals surface area contributed by atoms with Crippen LogP contribution in [0.5, 0.6) is 0 Å². The maximum absolute atomic E-state index is 13.9. The molecular weight excluding hydrogens is 490 g/mol. The van der Waals surface area contributed by atoms with Crippen LogP contribution in [0.1, 0.15) is 18.4 Å². The van der Waals surface area contributed by atoms with Gasteiger partial charge in [0.2, 0.25) is 17.7 Å². The first-order chi connectivity index (χ1) is 19.0. The van der Waals surface area contributed by atoms with Gasteiger partial charge >= 0.3 is 0 Å². The third-order valence-electron chi connectivity index (χ3n) is 7.05. The Kier molecular flexibility index (Phi) is 6.17. The third kappa shape index (κ3) is 4.24. The van der Waals surface area contributed by atoms with Crippen molar-refractivity contribution in [1.82, 2.24) is 4.98 Å². The number of rotatable bonds is 5. The lowest BCUT2D eigenvalue weighted by Crippen LogP contribution is -2.31. The first-order valence-electron chi connectivity index (χ1n) is 12.6. The molecule has 0 aliphatic carbocycles. The summed E-state index contributed by atoms with van der Waals surface area (Å²) in [5, 5.41) is 0. The summed E-state index contributed by atoms with van der Waals surface area (Å²) >= 11 is 0. The van der Waals surface area contributed by atoms with E-state index in [9.17, 15) is 19.2 Å². The number of para-hydroxylation sites is 2. The molecule has 0 spiro atoms. The van der Waals surface area contributed by atoms with Gasteiger partial charge in [0.25, 0.3) is 5.91 Å². The molecule has 3 aromatic carbocycles. The summed E-state index contributed by atoms with van der Waals surface area (Å²) in [7, 11) is 0. The van der Waals surface area contributed by atoms with Crippen molar-refractivity contribution < 1.29 is 19.2 Å². The molecule has 190 valence electrons. The van der Waals surface area contributed by atoms with Gasteiger partial charge in [0.1, 0.15) is 0 Å². The molecule has 1 unspecified atom stereocenters. The summed E-state index contributed by atoms with van der Waals surface area (Å²) in [6, 6.07) is 30.3. The molecule has 1 atom stereocenters. The van der Waals surface area contributed by atoms with Gasteiger partial charge in [-0.05, 0) is 47.5 Å². The van der Waals surface area contributed by atoms with Crippen LogP contribution in [0.25, 0.3) is 16.8 Å². The molecule has 3 heterocycles. The standard InChI is InChI=1S/C32H23N3O4/c36-28-19-25(31(38)34(28)21-11-3-1-4-12-21)30(24-16-8-7-15-23(24)27-17-9-10-18-33-27)26-20-29(37)35(32(26)39)22-13-5-2-6-14-22/h1-18,25H,19-20H2/b30-26+. The van der Waals surface area contributed by atoms with Crippen LogP contribution in [0.3, 0.4) is 0 Å². The van der Waals surface area contributed by atoms with Crippen LogP contribution in [0.2, 0.25) is 0 Å². The van der Waals surface area contributed by atoms with Crippen LogP contribution in [0.4, 0.5) is 11.4 Å². The molecule has 6 rings (SSSR count). The Morgan fingerprint density at radius 2 is 1.28 bits per heavy atom. The number of hydrogen-bond donors (Lipinski definition) is 0. The molecule has 4 aromatic rings. The summed E-state index contributed by atoms with van der Waals surface area (Å²) in [5.41, 5.74) is 3.50. The average molecular weight is 514 g/mol. The van der Waals surface area contributed by atoms with Crippen molar-refractivity contribution in [3.05, 3.63) is 120 Å². The zero-order chi connectivity index (χ0) is 26.9. The van der Waals surface area contributed by atoms with Crippen LogP contribution in [0, 0.1) is 5.92 Å². The smallest absolute Gasteiger partial charge is 0.261 e. The first-order valence-corrected chi connectivity index (χ1v) is 12.6. The predicted molar refractivity (Wildman–Crippen MR) is 147 cm³/mol. The second-order valence-electron chi connectivity index (χ2n) is 9.36. The molecule has 2 saturated heterocycles. The topological polar surface area (TPSA) is 87.6 Å². The maximum Gasteiger partial charge on any atom is 0.261 e. The lowest BCUT2D eigenvalue weighted by molar-refractivity contribution is -0.122. The van der Waals surface area contributed by atoms with Crippen LogP contribution in [0.15, 0.2) is 115 Å². The van der Waals surface area contributed by atoms with E-state index in [1.54, 1.807) is 66.9 Å². The molecule has 0 bridgehead atoms. The number of nitrogens with zero attached hydrogens (tertiary/aromatic N) is 3. The van der Waals surface area contributed by atoms with Gasteiger partial charge in [-0.25, -0.2) is 4.90 Å². The molecule has 2 aliphatic rings. The van der Waals surface area contributed by atoms with Gasteiger partial charge in [-0.3, -0.25) is 29.1 Å². The van der Waals surface area contributed by atoms with Crippen LogP contribution < -0.4 is 9.80 Å². The van der Waals surface area contributed by atoms with Crippen molar-refractivity contribution in [1.29, 1.82) is 0 Å². The normalized spacial score (nSPS) is 18.7. The highest BCUT2D eigenvalue weighted by Crippen LogP contribution is 2.43. The van der Waals surface area contributed by atoms with Crippen LogP contribution in [-0.4, -0.2) is 28.6 Å². The lowest BCUT2D eigenvalue weighted by atomic mass is 9.83. The van der Waals surface area contributed by atoms with Crippen LogP contribution in [-0.2, 0) is 19.2 Å². The van der Waals surface area contributed by atoms with Gasteiger partial charge in [-0.1, -0.05) is 66.7 Å². The Balaban J connectivity index is 1.55. The number of hydrogen-bond acceptors (Lipinski definition) is 5. The Morgan fingerprint density at radius 1 is 0.667 bits per heavy atom. The fraction of sp³-hybridized carbons (Fsp3) is 0.0938. The monoisotopic (exact) mass is 513 g/mol.